The van der Waals surface area contributed by atoms with Crippen molar-refractivity contribution in [3.05, 3.63) is 41.7 Å². The van der Waals surface area contributed by atoms with Gasteiger partial charge in [-0.2, -0.15) is 5.10 Å². The molecule has 1 fully saturated rings. The molecule has 2 aliphatic rings. The Balaban J connectivity index is 0.00000210. The predicted molar refractivity (Wildman–Crippen MR) is 104 cm³/mol. The summed E-state index contributed by atoms with van der Waals surface area (Å²) < 4.78 is 13.2. The van der Waals surface area contributed by atoms with Gasteiger partial charge < -0.3 is 20.1 Å². The molecule has 1 aromatic carbocycles. The van der Waals surface area contributed by atoms with E-state index in [9.17, 15) is 4.79 Å². The van der Waals surface area contributed by atoms with Crippen molar-refractivity contribution in [2.24, 2.45) is 0 Å². The van der Waals surface area contributed by atoms with Crippen molar-refractivity contribution in [2.45, 2.75) is 31.8 Å². The minimum absolute atomic E-state index is 0. The van der Waals surface area contributed by atoms with E-state index in [1.165, 1.54) is 0 Å². The average Bonchev–Trinajstić information content (AvgIpc) is 3.06. The summed E-state index contributed by atoms with van der Waals surface area (Å²) in [5.74, 6) is 1.33. The summed E-state index contributed by atoms with van der Waals surface area (Å²) in [6.45, 7) is 3.70. The largest absolute Gasteiger partial charge is 0.490 e. The third kappa shape index (κ3) is 4.73. The molecule has 2 aliphatic heterocycles. The summed E-state index contributed by atoms with van der Waals surface area (Å²) in [4.78, 5) is 12.4. The van der Waals surface area contributed by atoms with Gasteiger partial charge in [0.1, 0.15) is 5.69 Å². The number of hydrogen-bond acceptors (Lipinski definition) is 5. The topological polar surface area (TPSA) is 77.4 Å². The molecule has 1 aromatic heterocycles. The Morgan fingerprint density at radius 3 is 2.89 bits per heavy atom. The fourth-order valence-electron chi connectivity index (χ4n) is 3.31. The van der Waals surface area contributed by atoms with E-state index < -0.39 is 0 Å². The number of ether oxygens (including phenoxy) is 2. The predicted octanol–water partition coefficient (Wildman–Crippen LogP) is 2.32. The third-order valence-corrected chi connectivity index (χ3v) is 4.75. The lowest BCUT2D eigenvalue weighted by atomic mass is 10.1. The second kappa shape index (κ2) is 9.10. The highest BCUT2D eigenvalue weighted by atomic mass is 35.5. The molecule has 8 heteroatoms. The molecule has 3 heterocycles. The van der Waals surface area contributed by atoms with Gasteiger partial charge in [-0.3, -0.25) is 9.48 Å². The zero-order valence-electron chi connectivity index (χ0n) is 15.1. The molecule has 146 valence electrons. The average molecular weight is 393 g/mol. The van der Waals surface area contributed by atoms with Gasteiger partial charge in [-0.05, 0) is 43.1 Å². The minimum Gasteiger partial charge on any atom is -0.490 e. The molecule has 1 saturated heterocycles. The fraction of sp³-hybridized carbons (Fsp3) is 0.474. The molecule has 1 atom stereocenters. The number of rotatable bonds is 4. The van der Waals surface area contributed by atoms with Crippen LogP contribution in [-0.2, 0) is 6.54 Å². The maximum Gasteiger partial charge on any atom is 0.272 e. The van der Waals surface area contributed by atoms with Gasteiger partial charge in [0.25, 0.3) is 5.91 Å². The van der Waals surface area contributed by atoms with Crippen LogP contribution in [0.5, 0.6) is 11.5 Å². The van der Waals surface area contributed by atoms with Crippen LogP contribution in [0.1, 0.15) is 41.4 Å². The maximum atomic E-state index is 12.4. The van der Waals surface area contributed by atoms with Crippen LogP contribution in [0.2, 0.25) is 0 Å². The molecule has 1 amide bonds. The van der Waals surface area contributed by atoms with Crippen LogP contribution in [-0.4, -0.2) is 42.0 Å². The van der Waals surface area contributed by atoms with Gasteiger partial charge in [0.05, 0.1) is 19.3 Å². The Labute approximate surface area is 164 Å². The molecule has 2 aromatic rings. The number of nitrogens with one attached hydrogen (secondary N) is 2. The second-order valence-electron chi connectivity index (χ2n) is 6.70. The van der Waals surface area contributed by atoms with E-state index in [4.69, 9.17) is 9.47 Å². The van der Waals surface area contributed by atoms with Crippen molar-refractivity contribution in [1.29, 1.82) is 0 Å². The van der Waals surface area contributed by atoms with Crippen LogP contribution < -0.4 is 20.1 Å². The van der Waals surface area contributed by atoms with Gasteiger partial charge in [-0.15, -0.1) is 12.4 Å². The van der Waals surface area contributed by atoms with Crippen molar-refractivity contribution < 1.29 is 14.3 Å². The number of hydrogen-bond donors (Lipinski definition) is 2. The molecule has 7 nitrogen and oxygen atoms in total. The summed E-state index contributed by atoms with van der Waals surface area (Å²) >= 11 is 0. The highest BCUT2D eigenvalue weighted by Gasteiger charge is 2.18. The summed E-state index contributed by atoms with van der Waals surface area (Å²) in [6, 6.07) is 7.87. The Morgan fingerprint density at radius 1 is 1.22 bits per heavy atom. The van der Waals surface area contributed by atoms with E-state index in [1.54, 1.807) is 6.07 Å². The minimum atomic E-state index is -0.167. The molecule has 0 saturated carbocycles. The fourth-order valence-corrected chi connectivity index (χ4v) is 3.31. The van der Waals surface area contributed by atoms with Crippen LogP contribution in [0, 0.1) is 0 Å². The quantitative estimate of drug-likeness (QED) is 0.835. The first-order valence-electron chi connectivity index (χ1n) is 9.22. The molecule has 1 unspecified atom stereocenters. The Kier molecular flexibility index (Phi) is 6.58. The molecule has 27 heavy (non-hydrogen) atoms. The van der Waals surface area contributed by atoms with Crippen molar-refractivity contribution in [3.8, 4) is 11.5 Å². The van der Waals surface area contributed by atoms with Crippen LogP contribution in [0.15, 0.2) is 30.5 Å². The summed E-state index contributed by atoms with van der Waals surface area (Å²) in [7, 11) is 0. The van der Waals surface area contributed by atoms with Crippen molar-refractivity contribution >= 4 is 18.3 Å². The molecule has 0 spiro atoms. The zero-order chi connectivity index (χ0) is 17.8. The van der Waals surface area contributed by atoms with E-state index in [0.717, 1.165) is 49.4 Å². The van der Waals surface area contributed by atoms with Crippen molar-refractivity contribution in [1.82, 2.24) is 20.4 Å². The van der Waals surface area contributed by atoms with Gasteiger partial charge in [0, 0.05) is 25.7 Å². The number of fused-ring (bicyclic) bond motifs is 1. The van der Waals surface area contributed by atoms with Gasteiger partial charge >= 0.3 is 0 Å². The second-order valence-corrected chi connectivity index (χ2v) is 6.70. The number of carbonyl (C=O) groups is 1. The summed E-state index contributed by atoms with van der Waals surface area (Å²) in [5.41, 5.74) is 1.42. The van der Waals surface area contributed by atoms with Gasteiger partial charge in [-0.1, -0.05) is 6.07 Å². The molecule has 0 aliphatic carbocycles. The van der Waals surface area contributed by atoms with Crippen LogP contribution >= 0.6 is 12.4 Å². The van der Waals surface area contributed by atoms with E-state index in [0.29, 0.717) is 31.5 Å². The Morgan fingerprint density at radius 2 is 2.07 bits per heavy atom. The lowest BCUT2D eigenvalue weighted by Crippen LogP contribution is -2.32. The lowest BCUT2D eigenvalue weighted by Gasteiger charge is -2.22. The monoisotopic (exact) mass is 392 g/mol. The first-order chi connectivity index (χ1) is 12.8. The summed E-state index contributed by atoms with van der Waals surface area (Å²) in [5, 5.41) is 10.7. The molecular formula is C19H25ClN4O3. The molecule has 4 rings (SSSR count). The van der Waals surface area contributed by atoms with Gasteiger partial charge in [0.2, 0.25) is 0 Å². The Hall–Kier alpha value is -2.25. The lowest BCUT2D eigenvalue weighted by molar-refractivity contribution is 0.0944. The van der Waals surface area contributed by atoms with Crippen LogP contribution in [0.25, 0.3) is 0 Å². The molecule has 0 radical (unpaired) electrons. The zero-order valence-corrected chi connectivity index (χ0v) is 16.0. The maximum absolute atomic E-state index is 12.4. The van der Waals surface area contributed by atoms with E-state index in [-0.39, 0.29) is 18.3 Å². The van der Waals surface area contributed by atoms with E-state index >= 15 is 0 Å². The van der Waals surface area contributed by atoms with Crippen molar-refractivity contribution in [2.75, 3.05) is 26.3 Å². The smallest absolute Gasteiger partial charge is 0.272 e. The third-order valence-electron chi connectivity index (χ3n) is 4.75. The normalized spacial score (nSPS) is 18.9. The number of aromatic nitrogens is 2. The summed E-state index contributed by atoms with van der Waals surface area (Å²) in [6.07, 6.45) is 4.99. The van der Waals surface area contributed by atoms with Crippen LogP contribution in [0.4, 0.5) is 0 Å². The number of amides is 1. The highest BCUT2D eigenvalue weighted by molar-refractivity contribution is 5.92. The SMILES string of the molecule is Cl.O=C(NCc1ccc2c(c1)OCCCO2)c1ccn(C2CCCNC2)n1. The number of nitrogens with zero attached hydrogens (tertiary/aromatic N) is 2. The molecular weight excluding hydrogens is 368 g/mol. The van der Waals surface area contributed by atoms with Crippen LogP contribution in [0.3, 0.4) is 0 Å². The first kappa shape index (κ1) is 19.5. The van der Waals surface area contributed by atoms with Crippen molar-refractivity contribution in [3.63, 3.8) is 0 Å². The Bertz CT molecular complexity index is 774. The number of piperidine rings is 1. The highest BCUT2D eigenvalue weighted by Crippen LogP contribution is 2.30. The van der Waals surface area contributed by atoms with Gasteiger partial charge in [-0.25, -0.2) is 0 Å². The van der Waals surface area contributed by atoms with E-state index in [2.05, 4.69) is 15.7 Å². The standard InChI is InChI=1S/C19H24N4O3.ClH/c24-19(16-6-8-23(22-16)15-3-1-7-20-13-15)21-12-14-4-5-17-18(11-14)26-10-2-9-25-17;/h4-6,8,11,15,20H,1-3,7,9-10,12-13H2,(H,21,24);1H. The van der Waals surface area contributed by atoms with Gasteiger partial charge in [0.15, 0.2) is 11.5 Å². The number of benzene rings is 1. The molecule has 2 N–H and O–H groups in total. The number of carbonyl (C=O) groups excluding carboxylic acids is 1. The number of halogens is 1. The van der Waals surface area contributed by atoms with E-state index in [1.807, 2.05) is 29.1 Å². The molecule has 0 bridgehead atoms. The first-order valence-corrected chi connectivity index (χ1v) is 9.22.